The minimum atomic E-state index is -0.428. The average molecular weight is 540 g/mol. The van der Waals surface area contributed by atoms with Crippen LogP contribution in [0, 0.1) is 0 Å². The Morgan fingerprint density at radius 2 is 1.91 bits per heavy atom. The summed E-state index contributed by atoms with van der Waals surface area (Å²) in [7, 11) is 1.87. The lowest BCUT2D eigenvalue weighted by Gasteiger charge is -2.10. The number of anilines is 1. The highest BCUT2D eigenvalue weighted by Gasteiger charge is 2.14. The number of halogens is 2. The molecule has 1 aromatic heterocycles. The monoisotopic (exact) mass is 538 g/mol. The molecule has 0 spiro atoms. The molecule has 0 aliphatic rings. The summed E-state index contributed by atoms with van der Waals surface area (Å²) < 4.78 is 7.07. The summed E-state index contributed by atoms with van der Waals surface area (Å²) in [6.45, 7) is 3.57. The van der Waals surface area contributed by atoms with Crippen molar-refractivity contribution in [2.24, 2.45) is 7.05 Å². The molecule has 11 heteroatoms. The van der Waals surface area contributed by atoms with Gasteiger partial charge in [-0.1, -0.05) is 47.1 Å². The topological polar surface area (TPSA) is 86.1 Å². The number of hydrogen-bond acceptors (Lipinski definition) is 7. The molecule has 0 aliphatic carbocycles. The number of nitrogens with zero attached hydrogens (tertiary/aromatic N) is 3. The summed E-state index contributed by atoms with van der Waals surface area (Å²) in [6.07, 6.45) is -0.216. The van der Waals surface area contributed by atoms with Crippen LogP contribution in [0.1, 0.15) is 35.6 Å². The van der Waals surface area contributed by atoms with E-state index in [2.05, 4.69) is 15.5 Å². The molecule has 2 aromatic carbocycles. The molecular weight excluding hydrogens is 515 g/mol. The van der Waals surface area contributed by atoms with Crippen molar-refractivity contribution in [3.63, 3.8) is 0 Å². The number of esters is 1. The lowest BCUT2D eigenvalue weighted by atomic mass is 10.2. The highest BCUT2D eigenvalue weighted by atomic mass is 35.5. The number of nitrogens with one attached hydrogen (secondary N) is 1. The Morgan fingerprint density at radius 1 is 1.12 bits per heavy atom. The highest BCUT2D eigenvalue weighted by Crippen LogP contribution is 2.26. The van der Waals surface area contributed by atoms with Crippen LogP contribution in [0.3, 0.4) is 0 Å². The Hall–Kier alpha value is -2.20. The highest BCUT2D eigenvalue weighted by molar-refractivity contribution is 7.99. The summed E-state index contributed by atoms with van der Waals surface area (Å²) in [4.78, 5) is 24.5. The zero-order chi connectivity index (χ0) is 24.7. The number of rotatable bonds is 10. The van der Waals surface area contributed by atoms with Crippen LogP contribution >= 0.6 is 46.7 Å². The van der Waals surface area contributed by atoms with Crippen LogP contribution in [0.4, 0.5) is 5.69 Å². The van der Waals surface area contributed by atoms with E-state index in [0.29, 0.717) is 32.2 Å². The Bertz CT molecular complexity index is 1170. The van der Waals surface area contributed by atoms with Crippen molar-refractivity contribution in [2.45, 2.75) is 36.6 Å². The first-order chi connectivity index (χ1) is 16.2. The standard InChI is InChI=1S/C23H24Cl2N4O3S2/c1-14(2)32-22(31)15-5-4-6-18(9-15)26-21(30)13-34-23-28-27-20(29(23)3)12-33-11-16-7-8-17(24)10-19(16)25/h4-10,14H,11-13H2,1-3H3,(H,26,30). The number of benzene rings is 2. The second-order valence-corrected chi connectivity index (χ2v) is 10.3. The SMILES string of the molecule is CC(C)OC(=O)c1cccc(NC(=O)CSc2nnc(CSCc3ccc(Cl)cc3Cl)n2C)c1. The molecule has 0 aliphatic heterocycles. The van der Waals surface area contributed by atoms with Crippen molar-refractivity contribution < 1.29 is 14.3 Å². The first-order valence-electron chi connectivity index (χ1n) is 10.4. The Balaban J connectivity index is 1.49. The van der Waals surface area contributed by atoms with Gasteiger partial charge >= 0.3 is 5.97 Å². The molecule has 0 unspecified atom stereocenters. The predicted molar refractivity (Wildman–Crippen MR) is 139 cm³/mol. The lowest BCUT2D eigenvalue weighted by Crippen LogP contribution is -2.16. The average Bonchev–Trinajstić information content (AvgIpc) is 3.13. The van der Waals surface area contributed by atoms with Gasteiger partial charge in [0.25, 0.3) is 0 Å². The van der Waals surface area contributed by atoms with Gasteiger partial charge < -0.3 is 14.6 Å². The van der Waals surface area contributed by atoms with E-state index in [-0.39, 0.29) is 17.8 Å². The van der Waals surface area contributed by atoms with Gasteiger partial charge in [0.2, 0.25) is 5.91 Å². The summed E-state index contributed by atoms with van der Waals surface area (Å²) >= 11 is 15.1. The molecule has 7 nitrogen and oxygen atoms in total. The van der Waals surface area contributed by atoms with Gasteiger partial charge in [0.15, 0.2) is 5.16 Å². The Kier molecular flexibility index (Phi) is 9.70. The lowest BCUT2D eigenvalue weighted by molar-refractivity contribution is -0.113. The van der Waals surface area contributed by atoms with E-state index < -0.39 is 5.97 Å². The van der Waals surface area contributed by atoms with Gasteiger partial charge in [0.1, 0.15) is 5.82 Å². The molecule has 34 heavy (non-hydrogen) atoms. The maximum absolute atomic E-state index is 12.4. The van der Waals surface area contributed by atoms with E-state index in [9.17, 15) is 9.59 Å². The van der Waals surface area contributed by atoms with E-state index in [4.69, 9.17) is 27.9 Å². The molecule has 1 heterocycles. The van der Waals surface area contributed by atoms with Crippen molar-refractivity contribution in [3.8, 4) is 0 Å². The first kappa shape index (κ1) is 26.4. The zero-order valence-corrected chi connectivity index (χ0v) is 22.0. The summed E-state index contributed by atoms with van der Waals surface area (Å²) in [6, 6.07) is 12.1. The van der Waals surface area contributed by atoms with Crippen LogP contribution in [0.15, 0.2) is 47.6 Å². The van der Waals surface area contributed by atoms with E-state index in [0.717, 1.165) is 17.1 Å². The van der Waals surface area contributed by atoms with Gasteiger partial charge in [-0.3, -0.25) is 4.79 Å². The smallest absolute Gasteiger partial charge is 0.338 e. The van der Waals surface area contributed by atoms with Crippen molar-refractivity contribution in [1.29, 1.82) is 0 Å². The first-order valence-corrected chi connectivity index (χ1v) is 13.3. The maximum Gasteiger partial charge on any atom is 0.338 e. The normalized spacial score (nSPS) is 11.0. The largest absolute Gasteiger partial charge is 0.459 e. The molecule has 0 saturated carbocycles. The molecular formula is C23H24Cl2N4O3S2. The van der Waals surface area contributed by atoms with Crippen LogP contribution in [0.5, 0.6) is 0 Å². The molecule has 0 saturated heterocycles. The van der Waals surface area contributed by atoms with Crippen LogP contribution < -0.4 is 5.32 Å². The van der Waals surface area contributed by atoms with Crippen LogP contribution in [0.2, 0.25) is 10.0 Å². The van der Waals surface area contributed by atoms with E-state index >= 15 is 0 Å². The molecule has 0 radical (unpaired) electrons. The quantitative estimate of drug-likeness (QED) is 0.256. The van der Waals surface area contributed by atoms with Crippen molar-refractivity contribution >= 4 is 64.3 Å². The van der Waals surface area contributed by atoms with E-state index in [1.807, 2.05) is 23.7 Å². The minimum Gasteiger partial charge on any atom is -0.459 e. The Morgan fingerprint density at radius 3 is 2.65 bits per heavy atom. The van der Waals surface area contributed by atoms with Crippen molar-refractivity contribution in [2.75, 3.05) is 11.1 Å². The van der Waals surface area contributed by atoms with Crippen LogP contribution in [-0.2, 0) is 28.1 Å². The number of hydrogen-bond donors (Lipinski definition) is 1. The molecule has 180 valence electrons. The van der Waals surface area contributed by atoms with Crippen molar-refractivity contribution in [1.82, 2.24) is 14.8 Å². The summed E-state index contributed by atoms with van der Waals surface area (Å²) in [5.41, 5.74) is 1.92. The molecule has 0 bridgehead atoms. The van der Waals surface area contributed by atoms with Gasteiger partial charge in [-0.2, -0.15) is 0 Å². The third kappa shape index (κ3) is 7.66. The fraction of sp³-hybridized carbons (Fsp3) is 0.304. The molecule has 3 aromatic rings. The molecule has 1 N–H and O–H groups in total. The Labute approximate surface area is 216 Å². The van der Waals surface area contributed by atoms with Gasteiger partial charge in [-0.05, 0) is 49.7 Å². The van der Waals surface area contributed by atoms with Crippen LogP contribution in [-0.4, -0.2) is 38.5 Å². The number of carbonyl (C=O) groups is 2. The fourth-order valence-electron chi connectivity index (χ4n) is 2.82. The number of aromatic nitrogens is 3. The maximum atomic E-state index is 12.4. The third-order valence-corrected chi connectivity index (χ3v) is 7.07. The number of ether oxygens (including phenoxy) is 1. The van der Waals surface area contributed by atoms with Gasteiger partial charge in [-0.25, -0.2) is 4.79 Å². The molecule has 1 amide bonds. The summed E-state index contributed by atoms with van der Waals surface area (Å²) in [5, 5.41) is 13.1. The van der Waals surface area contributed by atoms with Crippen LogP contribution in [0.25, 0.3) is 0 Å². The minimum absolute atomic E-state index is 0.153. The summed E-state index contributed by atoms with van der Waals surface area (Å²) in [5.74, 6) is 1.68. The predicted octanol–water partition coefficient (Wildman–Crippen LogP) is 5.85. The number of amides is 1. The number of carbonyl (C=O) groups excluding carboxylic acids is 2. The molecule has 0 fully saturated rings. The van der Waals surface area contributed by atoms with Crippen molar-refractivity contribution in [3.05, 3.63) is 69.5 Å². The zero-order valence-electron chi connectivity index (χ0n) is 18.9. The molecule has 0 atom stereocenters. The third-order valence-electron chi connectivity index (χ3n) is 4.49. The van der Waals surface area contributed by atoms with Gasteiger partial charge in [0, 0.05) is 28.5 Å². The second kappa shape index (κ2) is 12.5. The second-order valence-electron chi connectivity index (χ2n) is 7.56. The fourth-order valence-corrected chi connectivity index (χ4v) is 5.11. The van der Waals surface area contributed by atoms with Gasteiger partial charge in [0.05, 0.1) is 23.2 Å². The van der Waals surface area contributed by atoms with E-state index in [1.165, 1.54) is 11.8 Å². The van der Waals surface area contributed by atoms with Gasteiger partial charge in [-0.15, -0.1) is 22.0 Å². The molecule has 3 rings (SSSR count). The van der Waals surface area contributed by atoms with E-state index in [1.54, 1.807) is 55.9 Å². The number of thioether (sulfide) groups is 2.